The van der Waals surface area contributed by atoms with E-state index in [2.05, 4.69) is 160 Å². The zero-order valence-corrected chi connectivity index (χ0v) is 52.1. The van der Waals surface area contributed by atoms with Crippen LogP contribution >= 0.6 is 0 Å². The van der Waals surface area contributed by atoms with Gasteiger partial charge in [-0.15, -0.1) is 0 Å². The number of aliphatic carboxylic acids is 1. The van der Waals surface area contributed by atoms with Gasteiger partial charge in [0.15, 0.2) is 6.10 Å². The molecular weight excluding hydrogens is 1010 g/mol. The van der Waals surface area contributed by atoms with E-state index >= 15 is 0 Å². The molecule has 0 aromatic carbocycles. The number of esters is 2. The third-order valence-corrected chi connectivity index (χ3v) is 13.1. The number of allylic oxidation sites excluding steroid dienone is 24. The zero-order valence-electron chi connectivity index (χ0n) is 52.1. The van der Waals surface area contributed by atoms with Crippen molar-refractivity contribution in [3.8, 4) is 0 Å². The van der Waals surface area contributed by atoms with Crippen LogP contribution in [0.25, 0.3) is 0 Å². The second-order valence-corrected chi connectivity index (χ2v) is 22.0. The van der Waals surface area contributed by atoms with Crippen LogP contribution in [0.4, 0.5) is 0 Å². The van der Waals surface area contributed by atoms with Gasteiger partial charge >= 0.3 is 17.9 Å². The Kier molecular flexibility index (Phi) is 57.6. The third-order valence-electron chi connectivity index (χ3n) is 13.1. The summed E-state index contributed by atoms with van der Waals surface area (Å²) in [6.07, 6.45) is 86.6. The first kappa shape index (κ1) is 76.2. The number of carbonyl (C=O) groups is 3. The highest BCUT2D eigenvalue weighted by atomic mass is 16.7. The van der Waals surface area contributed by atoms with Crippen molar-refractivity contribution in [2.24, 2.45) is 0 Å². The Balaban J connectivity index is 4.23. The minimum Gasteiger partial charge on any atom is -0.477 e. The number of hydrogen-bond donors (Lipinski definition) is 1. The molecule has 81 heavy (non-hydrogen) atoms. The number of carboxylic acids is 1. The van der Waals surface area contributed by atoms with E-state index in [1.807, 2.05) is 21.1 Å². The van der Waals surface area contributed by atoms with Crippen LogP contribution in [-0.4, -0.2) is 87.4 Å². The van der Waals surface area contributed by atoms with Crippen molar-refractivity contribution in [2.45, 2.75) is 245 Å². The number of unbranched alkanes of at least 4 members (excludes halogenated alkanes) is 18. The average Bonchev–Trinajstić information content (AvgIpc) is 3.44. The summed E-state index contributed by atoms with van der Waals surface area (Å²) >= 11 is 0. The Labute approximate surface area is 496 Å². The first-order chi connectivity index (χ1) is 39.6. The lowest BCUT2D eigenvalue weighted by Gasteiger charge is -2.25. The van der Waals surface area contributed by atoms with E-state index in [1.54, 1.807) is 0 Å². The largest absolute Gasteiger partial charge is 0.477 e. The van der Waals surface area contributed by atoms with Crippen LogP contribution in [-0.2, 0) is 33.3 Å². The van der Waals surface area contributed by atoms with Crippen molar-refractivity contribution in [1.82, 2.24) is 0 Å². The molecule has 0 aliphatic carbocycles. The number of carboxylic acid groups (broad SMARTS) is 1. The summed E-state index contributed by atoms with van der Waals surface area (Å²) in [4.78, 5) is 37.4. The van der Waals surface area contributed by atoms with E-state index in [4.69, 9.17) is 18.9 Å². The quantitative estimate of drug-likeness (QED) is 0.0211. The number of quaternary nitrogens is 1. The number of hydrogen-bond acceptors (Lipinski definition) is 7. The molecular formula is C72H118NO8+. The van der Waals surface area contributed by atoms with Gasteiger partial charge in [0, 0.05) is 12.8 Å². The van der Waals surface area contributed by atoms with E-state index in [0.29, 0.717) is 23.9 Å². The van der Waals surface area contributed by atoms with Crippen LogP contribution in [0.3, 0.4) is 0 Å². The van der Waals surface area contributed by atoms with E-state index in [0.717, 1.165) is 122 Å². The molecule has 9 nitrogen and oxygen atoms in total. The van der Waals surface area contributed by atoms with E-state index < -0.39 is 24.3 Å². The standard InChI is InChI=1S/C72H117NO8/c1-6-8-10-12-14-16-18-20-22-23-24-25-26-27-28-29-30-31-32-33-34-35-36-37-38-39-40-41-42-43-44-45-46-47-49-51-53-55-57-59-61-63-70(75)81-68(67-80-72(71(76)77)78-65-64-73(3,4)5)66-79-69(74)62-60-58-56-54-52-50-48-21-19-17-15-13-11-9-7-2/h8,10,14,16,20,22,24-25,27-28,30-31,33-34,36-37,39-40,42-43,45-46,49,51,68,72H,6-7,9,11-13,15,17-19,21,23,26,29,32,35,38,41,44,47-48,50,52-67H2,1-5H3/p+1/b10-8-,16-14-,22-20-,25-24-,28-27-,31-30-,34-33-,37-36-,40-39-,43-42-,46-45-,51-49-. The number of carbonyl (C=O) groups excluding carboxylic acids is 2. The maximum Gasteiger partial charge on any atom is 0.361 e. The number of nitrogens with zero attached hydrogens (tertiary/aromatic N) is 1. The van der Waals surface area contributed by atoms with Gasteiger partial charge < -0.3 is 28.5 Å². The zero-order chi connectivity index (χ0) is 59.1. The second kappa shape index (κ2) is 61.2. The molecule has 2 atom stereocenters. The highest BCUT2D eigenvalue weighted by Gasteiger charge is 2.25. The molecule has 0 aromatic rings. The fourth-order valence-corrected chi connectivity index (χ4v) is 8.23. The predicted octanol–water partition coefficient (Wildman–Crippen LogP) is 19.6. The van der Waals surface area contributed by atoms with Crippen LogP contribution in [0, 0.1) is 0 Å². The fourth-order valence-electron chi connectivity index (χ4n) is 8.23. The summed E-state index contributed by atoms with van der Waals surface area (Å²) in [7, 11) is 5.95. The number of ether oxygens (including phenoxy) is 4. The summed E-state index contributed by atoms with van der Waals surface area (Å²) in [5.41, 5.74) is 0. The summed E-state index contributed by atoms with van der Waals surface area (Å²) in [6.45, 7) is 4.72. The lowest BCUT2D eigenvalue weighted by molar-refractivity contribution is -0.870. The maximum absolute atomic E-state index is 12.9. The van der Waals surface area contributed by atoms with Gasteiger partial charge in [-0.25, -0.2) is 4.79 Å². The van der Waals surface area contributed by atoms with E-state index in [-0.39, 0.29) is 32.2 Å². The lowest BCUT2D eigenvalue weighted by Crippen LogP contribution is -2.40. The first-order valence-electron chi connectivity index (χ1n) is 32.0. The fraction of sp³-hybridized carbons (Fsp3) is 0.625. The molecule has 1 N–H and O–H groups in total. The second-order valence-electron chi connectivity index (χ2n) is 22.0. The summed E-state index contributed by atoms with van der Waals surface area (Å²) < 4.78 is 22.8. The van der Waals surface area contributed by atoms with Gasteiger partial charge in [0.1, 0.15) is 13.2 Å². The Morgan fingerprint density at radius 1 is 0.383 bits per heavy atom. The molecule has 458 valence electrons. The van der Waals surface area contributed by atoms with Crippen LogP contribution in [0.1, 0.15) is 232 Å². The Morgan fingerprint density at radius 3 is 1.05 bits per heavy atom. The van der Waals surface area contributed by atoms with Crippen molar-refractivity contribution >= 4 is 17.9 Å². The summed E-state index contributed by atoms with van der Waals surface area (Å²) in [5, 5.41) is 9.70. The van der Waals surface area contributed by atoms with Crippen LogP contribution in [0.2, 0.25) is 0 Å². The molecule has 0 saturated heterocycles. The molecule has 0 heterocycles. The molecule has 0 aliphatic heterocycles. The molecule has 0 amide bonds. The Bertz CT molecular complexity index is 1840. The molecule has 0 saturated carbocycles. The molecule has 9 heteroatoms. The Hall–Kier alpha value is -4.83. The van der Waals surface area contributed by atoms with Gasteiger partial charge in [-0.05, 0) is 103 Å². The van der Waals surface area contributed by atoms with Crippen LogP contribution in [0.5, 0.6) is 0 Å². The molecule has 0 fully saturated rings. The molecule has 0 radical (unpaired) electrons. The average molecular weight is 1130 g/mol. The van der Waals surface area contributed by atoms with Gasteiger partial charge in [-0.3, -0.25) is 9.59 Å². The van der Waals surface area contributed by atoms with Crippen molar-refractivity contribution in [1.29, 1.82) is 0 Å². The minimum absolute atomic E-state index is 0.176. The van der Waals surface area contributed by atoms with Crippen LogP contribution in [0.15, 0.2) is 146 Å². The maximum atomic E-state index is 12.9. The van der Waals surface area contributed by atoms with Crippen LogP contribution < -0.4 is 0 Å². The topological polar surface area (TPSA) is 108 Å². The first-order valence-corrected chi connectivity index (χ1v) is 32.0. The van der Waals surface area contributed by atoms with Gasteiger partial charge in [-0.1, -0.05) is 262 Å². The molecule has 0 aromatic heterocycles. The van der Waals surface area contributed by atoms with Gasteiger partial charge in [0.2, 0.25) is 0 Å². The van der Waals surface area contributed by atoms with E-state index in [1.165, 1.54) is 77.0 Å². The van der Waals surface area contributed by atoms with Crippen molar-refractivity contribution in [3.63, 3.8) is 0 Å². The summed E-state index contributed by atoms with van der Waals surface area (Å²) in [5.74, 6) is -2.05. The number of likely N-dealkylation sites (N-methyl/N-ethyl adjacent to an activating group) is 1. The monoisotopic (exact) mass is 1120 g/mol. The summed E-state index contributed by atoms with van der Waals surface area (Å²) in [6, 6.07) is 0. The molecule has 0 aliphatic rings. The molecule has 0 spiro atoms. The molecule has 2 unspecified atom stereocenters. The van der Waals surface area contributed by atoms with Gasteiger partial charge in [-0.2, -0.15) is 0 Å². The Morgan fingerprint density at radius 2 is 0.704 bits per heavy atom. The highest BCUT2D eigenvalue weighted by molar-refractivity contribution is 5.71. The van der Waals surface area contributed by atoms with Crippen molar-refractivity contribution in [2.75, 3.05) is 47.5 Å². The normalized spacial score (nSPS) is 13.7. The minimum atomic E-state index is -1.52. The highest BCUT2D eigenvalue weighted by Crippen LogP contribution is 2.15. The lowest BCUT2D eigenvalue weighted by atomic mass is 10.0. The molecule has 0 bridgehead atoms. The number of rotatable bonds is 57. The molecule has 0 rings (SSSR count). The van der Waals surface area contributed by atoms with Gasteiger partial charge in [0.05, 0.1) is 34.4 Å². The SMILES string of the molecule is CC/C=C\C/C=C\C/C=C\C/C=C\C/C=C\C/C=C\C/C=C\C/C=C\C/C=C\C/C=C\C/C=C\C/C=C\CCCCCCC(=O)OC(COC(=O)CCCCCCCCCCCCCCCCC)COC(OCC[N+](C)(C)C)C(=O)O. The van der Waals surface area contributed by atoms with Gasteiger partial charge in [0.25, 0.3) is 6.29 Å². The van der Waals surface area contributed by atoms with Crippen molar-refractivity contribution < 1.29 is 42.9 Å². The third kappa shape index (κ3) is 62.6. The smallest absolute Gasteiger partial charge is 0.361 e. The van der Waals surface area contributed by atoms with E-state index in [9.17, 15) is 19.5 Å². The van der Waals surface area contributed by atoms with Crippen molar-refractivity contribution in [3.05, 3.63) is 146 Å². The predicted molar refractivity (Wildman–Crippen MR) is 345 cm³/mol.